The van der Waals surface area contributed by atoms with Gasteiger partial charge in [0, 0.05) is 40.0 Å². The third-order valence-corrected chi connectivity index (χ3v) is 5.07. The molecule has 1 N–H and O–H groups in total. The Bertz CT molecular complexity index is 1150. The Kier molecular flexibility index (Phi) is 4.51. The summed E-state index contributed by atoms with van der Waals surface area (Å²) in [5.74, 6) is -0.563. The highest BCUT2D eigenvalue weighted by atomic mass is 35.5. The van der Waals surface area contributed by atoms with Crippen LogP contribution in [-0.2, 0) is 4.79 Å². The first-order valence-electron chi connectivity index (χ1n) is 8.07. The normalized spacial score (nSPS) is 10.9. The Balaban J connectivity index is 1.76. The minimum absolute atomic E-state index is 0.211. The molecule has 2 heterocycles. The predicted molar refractivity (Wildman–Crippen MR) is 106 cm³/mol. The van der Waals surface area contributed by atoms with Gasteiger partial charge in [0.05, 0.1) is 5.52 Å². The van der Waals surface area contributed by atoms with Gasteiger partial charge < -0.3 is 9.72 Å². The van der Waals surface area contributed by atoms with Gasteiger partial charge in [-0.15, -0.1) is 11.3 Å². The van der Waals surface area contributed by atoms with Gasteiger partial charge in [0.1, 0.15) is 10.7 Å². The number of fused-ring (bicyclic) bond motifs is 1. The fourth-order valence-corrected chi connectivity index (χ4v) is 3.64. The van der Waals surface area contributed by atoms with E-state index in [-0.39, 0.29) is 17.2 Å². The standard InChI is InChI=1S/C20H13ClN2O3S/c1-11(24)26-19-15-7-6-14(21)10-16(15)23-17(19)18(25)12-2-4-13(5-3-12)20-22-8-9-27-20/h2-10,23H,1H3. The first-order valence-corrected chi connectivity index (χ1v) is 9.33. The zero-order valence-corrected chi connectivity index (χ0v) is 15.7. The van der Waals surface area contributed by atoms with Gasteiger partial charge in [-0.25, -0.2) is 4.98 Å². The van der Waals surface area contributed by atoms with Crippen molar-refractivity contribution in [3.05, 3.63) is 70.3 Å². The average Bonchev–Trinajstić information content (AvgIpc) is 3.29. The summed E-state index contributed by atoms with van der Waals surface area (Å²) in [6.07, 6.45) is 1.74. The van der Waals surface area contributed by atoms with Crippen molar-refractivity contribution in [2.45, 2.75) is 6.92 Å². The molecule has 0 saturated heterocycles. The molecule has 0 aliphatic rings. The van der Waals surface area contributed by atoms with E-state index < -0.39 is 5.97 Å². The number of benzene rings is 2. The Morgan fingerprint density at radius 2 is 1.93 bits per heavy atom. The largest absolute Gasteiger partial charge is 0.424 e. The molecule has 0 unspecified atom stereocenters. The highest BCUT2D eigenvalue weighted by Gasteiger charge is 2.22. The lowest BCUT2D eigenvalue weighted by Crippen LogP contribution is -2.08. The van der Waals surface area contributed by atoms with Crippen molar-refractivity contribution in [1.29, 1.82) is 0 Å². The van der Waals surface area contributed by atoms with Crippen molar-refractivity contribution in [3.63, 3.8) is 0 Å². The summed E-state index contributed by atoms with van der Waals surface area (Å²) in [6, 6.07) is 12.2. The van der Waals surface area contributed by atoms with Gasteiger partial charge in [-0.2, -0.15) is 0 Å². The number of nitrogens with zero attached hydrogens (tertiary/aromatic N) is 1. The summed E-state index contributed by atoms with van der Waals surface area (Å²) in [7, 11) is 0. The molecule has 2 aromatic carbocycles. The van der Waals surface area contributed by atoms with E-state index in [4.69, 9.17) is 16.3 Å². The summed E-state index contributed by atoms with van der Waals surface area (Å²) >= 11 is 7.56. The molecule has 0 radical (unpaired) electrons. The number of ketones is 1. The molecule has 0 fully saturated rings. The van der Waals surface area contributed by atoms with Crippen molar-refractivity contribution >= 4 is 45.6 Å². The number of carbonyl (C=O) groups excluding carboxylic acids is 2. The molecular formula is C20H13ClN2O3S. The fraction of sp³-hybridized carbons (Fsp3) is 0.0500. The van der Waals surface area contributed by atoms with E-state index in [1.165, 1.54) is 18.3 Å². The first-order chi connectivity index (χ1) is 13.0. The van der Waals surface area contributed by atoms with Gasteiger partial charge in [0.2, 0.25) is 5.78 Å². The molecule has 5 nitrogen and oxygen atoms in total. The van der Waals surface area contributed by atoms with Crippen molar-refractivity contribution < 1.29 is 14.3 Å². The van der Waals surface area contributed by atoms with E-state index in [1.54, 1.807) is 36.5 Å². The summed E-state index contributed by atoms with van der Waals surface area (Å²) in [5, 5.41) is 3.92. The van der Waals surface area contributed by atoms with E-state index in [2.05, 4.69) is 9.97 Å². The van der Waals surface area contributed by atoms with Crippen LogP contribution in [0.2, 0.25) is 5.02 Å². The minimum atomic E-state index is -0.501. The van der Waals surface area contributed by atoms with Gasteiger partial charge in [0.15, 0.2) is 5.75 Å². The maximum Gasteiger partial charge on any atom is 0.308 e. The Hall–Kier alpha value is -2.96. The molecule has 134 valence electrons. The summed E-state index contributed by atoms with van der Waals surface area (Å²) in [5.41, 5.74) is 2.25. The maximum atomic E-state index is 13.0. The summed E-state index contributed by atoms with van der Waals surface area (Å²) < 4.78 is 5.32. The van der Waals surface area contributed by atoms with E-state index in [1.807, 2.05) is 17.5 Å². The van der Waals surface area contributed by atoms with Crippen LogP contribution in [0.5, 0.6) is 5.75 Å². The molecule has 0 atom stereocenters. The molecule has 2 aromatic heterocycles. The molecule has 0 amide bonds. The quantitative estimate of drug-likeness (QED) is 0.384. The third kappa shape index (κ3) is 3.37. The lowest BCUT2D eigenvalue weighted by Gasteiger charge is -2.05. The number of halogens is 1. The second kappa shape index (κ2) is 6.98. The molecule has 27 heavy (non-hydrogen) atoms. The molecule has 7 heteroatoms. The van der Waals surface area contributed by atoms with Crippen molar-refractivity contribution in [2.24, 2.45) is 0 Å². The minimum Gasteiger partial charge on any atom is -0.424 e. The number of aromatic amines is 1. The number of aromatic nitrogens is 2. The Labute approximate surface area is 163 Å². The van der Waals surface area contributed by atoms with E-state index in [0.717, 1.165) is 10.6 Å². The number of hydrogen-bond acceptors (Lipinski definition) is 5. The molecule has 0 aliphatic carbocycles. The van der Waals surface area contributed by atoms with Crippen LogP contribution in [0.15, 0.2) is 54.0 Å². The Morgan fingerprint density at radius 3 is 2.59 bits per heavy atom. The van der Waals surface area contributed by atoms with Crippen molar-refractivity contribution in [2.75, 3.05) is 0 Å². The van der Waals surface area contributed by atoms with Gasteiger partial charge in [0.25, 0.3) is 0 Å². The van der Waals surface area contributed by atoms with Crippen molar-refractivity contribution in [3.8, 4) is 16.3 Å². The second-order valence-corrected chi connectivity index (χ2v) is 7.19. The lowest BCUT2D eigenvalue weighted by atomic mass is 10.1. The lowest BCUT2D eigenvalue weighted by molar-refractivity contribution is -0.131. The van der Waals surface area contributed by atoms with Crippen LogP contribution in [-0.4, -0.2) is 21.7 Å². The van der Waals surface area contributed by atoms with Gasteiger partial charge in [-0.05, 0) is 18.2 Å². The zero-order valence-electron chi connectivity index (χ0n) is 14.2. The molecule has 4 rings (SSSR count). The topological polar surface area (TPSA) is 72.1 Å². The summed E-state index contributed by atoms with van der Waals surface area (Å²) in [6.45, 7) is 1.30. The van der Waals surface area contributed by atoms with Crippen LogP contribution < -0.4 is 4.74 Å². The highest BCUT2D eigenvalue weighted by molar-refractivity contribution is 7.13. The monoisotopic (exact) mass is 396 g/mol. The SMILES string of the molecule is CC(=O)Oc1c(C(=O)c2ccc(-c3nccs3)cc2)[nH]c2cc(Cl)ccc12. The fourth-order valence-electron chi connectivity index (χ4n) is 2.83. The van der Waals surface area contributed by atoms with E-state index in [0.29, 0.717) is 21.5 Å². The Morgan fingerprint density at radius 1 is 1.15 bits per heavy atom. The number of thiazole rings is 1. The zero-order chi connectivity index (χ0) is 19.0. The molecule has 0 saturated carbocycles. The molecular weight excluding hydrogens is 384 g/mol. The predicted octanol–water partition coefficient (Wildman–Crippen LogP) is 5.10. The molecule has 4 aromatic rings. The second-order valence-electron chi connectivity index (χ2n) is 5.86. The third-order valence-electron chi connectivity index (χ3n) is 4.01. The summed E-state index contributed by atoms with van der Waals surface area (Å²) in [4.78, 5) is 31.9. The van der Waals surface area contributed by atoms with E-state index >= 15 is 0 Å². The van der Waals surface area contributed by atoms with Crippen LogP contribution in [0.4, 0.5) is 0 Å². The number of ether oxygens (including phenoxy) is 1. The number of esters is 1. The average molecular weight is 397 g/mol. The molecule has 0 aliphatic heterocycles. The molecule has 0 spiro atoms. The van der Waals surface area contributed by atoms with Crippen LogP contribution in [0.3, 0.4) is 0 Å². The smallest absolute Gasteiger partial charge is 0.308 e. The molecule has 0 bridgehead atoms. The van der Waals surface area contributed by atoms with Gasteiger partial charge in [-0.1, -0.05) is 35.9 Å². The number of H-pyrrole nitrogens is 1. The highest BCUT2D eigenvalue weighted by Crippen LogP contribution is 2.33. The van der Waals surface area contributed by atoms with Crippen LogP contribution in [0, 0.1) is 0 Å². The van der Waals surface area contributed by atoms with Crippen LogP contribution in [0.25, 0.3) is 21.5 Å². The van der Waals surface area contributed by atoms with Crippen LogP contribution in [0.1, 0.15) is 23.0 Å². The van der Waals surface area contributed by atoms with Gasteiger partial charge in [-0.3, -0.25) is 9.59 Å². The van der Waals surface area contributed by atoms with E-state index in [9.17, 15) is 9.59 Å². The number of hydrogen-bond donors (Lipinski definition) is 1. The van der Waals surface area contributed by atoms with Crippen molar-refractivity contribution in [1.82, 2.24) is 9.97 Å². The number of nitrogens with one attached hydrogen (secondary N) is 1. The maximum absolute atomic E-state index is 13.0. The number of rotatable bonds is 4. The van der Waals surface area contributed by atoms with Crippen LogP contribution >= 0.6 is 22.9 Å². The number of carbonyl (C=O) groups is 2. The van der Waals surface area contributed by atoms with Gasteiger partial charge >= 0.3 is 5.97 Å². The first kappa shape index (κ1) is 17.5.